The van der Waals surface area contributed by atoms with Crippen LogP contribution in [0.25, 0.3) is 0 Å². The third-order valence-corrected chi connectivity index (χ3v) is 4.12. The predicted octanol–water partition coefficient (Wildman–Crippen LogP) is 4.10. The minimum atomic E-state index is -0.423. The molecule has 0 amide bonds. The van der Waals surface area contributed by atoms with Crippen LogP contribution >= 0.6 is 27.5 Å². The van der Waals surface area contributed by atoms with Gasteiger partial charge in [0.15, 0.2) is 0 Å². The number of hydrogen-bond acceptors (Lipinski definition) is 2. The number of benzene rings is 2. The third-order valence-electron chi connectivity index (χ3n) is 2.91. The van der Waals surface area contributed by atoms with Crippen molar-refractivity contribution >= 4 is 27.5 Å². The van der Waals surface area contributed by atoms with Gasteiger partial charge >= 0.3 is 0 Å². The average molecular weight is 344 g/mol. The highest BCUT2D eigenvalue weighted by molar-refractivity contribution is 9.10. The molecule has 2 rings (SSSR count). The summed E-state index contributed by atoms with van der Waals surface area (Å²) >= 11 is 9.31. The third kappa shape index (κ3) is 3.15. The van der Waals surface area contributed by atoms with Gasteiger partial charge in [0, 0.05) is 10.0 Å². The maximum atomic E-state index is 13.9. The van der Waals surface area contributed by atoms with E-state index in [0.29, 0.717) is 10.6 Å². The Kier molecular flexibility index (Phi) is 4.58. The molecule has 5 heteroatoms. The second-order valence-corrected chi connectivity index (χ2v) is 5.56. The zero-order valence-electron chi connectivity index (χ0n) is 10.3. The summed E-state index contributed by atoms with van der Waals surface area (Å²) in [5, 5.41) is 0.601. The standard InChI is InChI=1S/C14H13BrClFN2/c1-8-2-5-13(17)10(6-8)14(19-18)9-3-4-12(16)11(15)7-9/h2-7,14,19H,18H2,1H3. The maximum Gasteiger partial charge on any atom is 0.128 e. The van der Waals surface area contributed by atoms with Crippen LogP contribution in [-0.2, 0) is 0 Å². The van der Waals surface area contributed by atoms with Crippen molar-refractivity contribution < 1.29 is 4.39 Å². The second-order valence-electron chi connectivity index (χ2n) is 4.30. The molecule has 3 N–H and O–H groups in total. The quantitative estimate of drug-likeness (QED) is 0.650. The molecule has 0 heterocycles. The molecule has 1 unspecified atom stereocenters. The molecule has 0 saturated heterocycles. The Hall–Kier alpha value is -0.940. The van der Waals surface area contributed by atoms with Crippen molar-refractivity contribution in [2.45, 2.75) is 13.0 Å². The first-order valence-corrected chi connectivity index (χ1v) is 6.87. The lowest BCUT2D eigenvalue weighted by Crippen LogP contribution is -2.29. The first-order valence-electron chi connectivity index (χ1n) is 5.70. The first kappa shape index (κ1) is 14.5. The topological polar surface area (TPSA) is 38.0 Å². The lowest BCUT2D eigenvalue weighted by molar-refractivity contribution is 0.559. The molecule has 0 aliphatic heterocycles. The van der Waals surface area contributed by atoms with Crippen molar-refractivity contribution in [3.8, 4) is 0 Å². The number of hydrogen-bond donors (Lipinski definition) is 2. The van der Waals surface area contributed by atoms with E-state index in [2.05, 4.69) is 21.4 Å². The van der Waals surface area contributed by atoms with E-state index < -0.39 is 6.04 Å². The highest BCUT2D eigenvalue weighted by atomic mass is 79.9. The van der Waals surface area contributed by atoms with Crippen molar-refractivity contribution in [3.63, 3.8) is 0 Å². The van der Waals surface area contributed by atoms with Gasteiger partial charge in [0.05, 0.1) is 11.1 Å². The Morgan fingerprint density at radius 2 is 2.00 bits per heavy atom. The van der Waals surface area contributed by atoms with Crippen LogP contribution in [-0.4, -0.2) is 0 Å². The minimum Gasteiger partial charge on any atom is -0.271 e. The summed E-state index contributed by atoms with van der Waals surface area (Å²) in [5.74, 6) is 5.29. The second kappa shape index (κ2) is 6.01. The molecule has 0 aliphatic carbocycles. The highest BCUT2D eigenvalue weighted by Gasteiger charge is 2.17. The van der Waals surface area contributed by atoms with Crippen molar-refractivity contribution in [2.24, 2.45) is 5.84 Å². The fraction of sp³-hybridized carbons (Fsp3) is 0.143. The lowest BCUT2D eigenvalue weighted by Gasteiger charge is -2.18. The highest BCUT2D eigenvalue weighted by Crippen LogP contribution is 2.30. The minimum absolute atomic E-state index is 0.292. The summed E-state index contributed by atoms with van der Waals surface area (Å²) in [6.07, 6.45) is 0. The molecule has 0 aromatic heterocycles. The smallest absolute Gasteiger partial charge is 0.128 e. The SMILES string of the molecule is Cc1ccc(F)c(C(NN)c2ccc(Cl)c(Br)c2)c1. The van der Waals surface area contributed by atoms with Gasteiger partial charge in [-0.05, 0) is 46.6 Å². The summed E-state index contributed by atoms with van der Waals surface area (Å²) in [4.78, 5) is 0. The molecule has 100 valence electrons. The number of aryl methyl sites for hydroxylation is 1. The summed E-state index contributed by atoms with van der Waals surface area (Å²) < 4.78 is 14.7. The molecule has 0 radical (unpaired) electrons. The Bertz CT molecular complexity index is 604. The largest absolute Gasteiger partial charge is 0.271 e. The fourth-order valence-electron chi connectivity index (χ4n) is 1.94. The van der Waals surface area contributed by atoms with Crippen molar-refractivity contribution in [1.29, 1.82) is 0 Å². The number of hydrazine groups is 1. The molecule has 2 aromatic carbocycles. The van der Waals surface area contributed by atoms with Crippen molar-refractivity contribution in [2.75, 3.05) is 0 Å². The number of nitrogens with two attached hydrogens (primary N) is 1. The van der Waals surface area contributed by atoms with Gasteiger partial charge in [0.2, 0.25) is 0 Å². The van der Waals surface area contributed by atoms with Crippen LogP contribution < -0.4 is 11.3 Å². The zero-order valence-corrected chi connectivity index (χ0v) is 12.6. The van der Waals surface area contributed by atoms with Crippen LogP contribution in [0.3, 0.4) is 0 Å². The van der Waals surface area contributed by atoms with Gasteiger partial charge in [-0.15, -0.1) is 0 Å². The van der Waals surface area contributed by atoms with Crippen LogP contribution in [0.2, 0.25) is 5.02 Å². The van der Waals surface area contributed by atoms with E-state index in [0.717, 1.165) is 15.6 Å². The summed E-state index contributed by atoms with van der Waals surface area (Å²) in [7, 11) is 0. The van der Waals surface area contributed by atoms with E-state index in [1.54, 1.807) is 18.2 Å². The summed E-state index contributed by atoms with van der Waals surface area (Å²) in [6.45, 7) is 1.91. The normalized spacial score (nSPS) is 12.5. The Labute approximate surface area is 124 Å². The van der Waals surface area contributed by atoms with Crippen molar-refractivity contribution in [3.05, 3.63) is 68.4 Å². The number of rotatable bonds is 3. The van der Waals surface area contributed by atoms with Crippen LogP contribution in [0.1, 0.15) is 22.7 Å². The van der Waals surface area contributed by atoms with Gasteiger partial charge in [-0.25, -0.2) is 9.82 Å². The summed E-state index contributed by atoms with van der Waals surface area (Å²) in [5.41, 5.74) is 4.97. The van der Waals surface area contributed by atoms with E-state index >= 15 is 0 Å². The molecular weight excluding hydrogens is 331 g/mol. The Morgan fingerprint density at radius 3 is 2.63 bits per heavy atom. The van der Waals surface area contributed by atoms with Gasteiger partial charge in [-0.3, -0.25) is 5.84 Å². The van der Waals surface area contributed by atoms with Gasteiger partial charge in [-0.2, -0.15) is 0 Å². The number of halogens is 3. The molecule has 0 saturated carbocycles. The van der Waals surface area contributed by atoms with E-state index in [-0.39, 0.29) is 5.82 Å². The molecule has 0 bridgehead atoms. The maximum absolute atomic E-state index is 13.9. The van der Waals surface area contributed by atoms with Crippen LogP contribution in [0.5, 0.6) is 0 Å². The van der Waals surface area contributed by atoms with Gasteiger partial charge in [-0.1, -0.05) is 35.4 Å². The molecular formula is C14H13BrClFN2. The number of nitrogens with one attached hydrogen (secondary N) is 1. The van der Waals surface area contributed by atoms with E-state index in [1.807, 2.05) is 19.1 Å². The fourth-order valence-corrected chi connectivity index (χ4v) is 2.46. The van der Waals surface area contributed by atoms with Crippen LogP contribution in [0.4, 0.5) is 4.39 Å². The van der Waals surface area contributed by atoms with E-state index in [1.165, 1.54) is 6.07 Å². The van der Waals surface area contributed by atoms with Gasteiger partial charge in [0.25, 0.3) is 0 Å². The zero-order chi connectivity index (χ0) is 14.0. The Morgan fingerprint density at radius 1 is 1.26 bits per heavy atom. The van der Waals surface area contributed by atoms with Crippen LogP contribution in [0, 0.1) is 12.7 Å². The van der Waals surface area contributed by atoms with Crippen molar-refractivity contribution in [1.82, 2.24) is 5.43 Å². The Balaban J connectivity index is 2.49. The molecule has 0 aliphatic rings. The molecule has 0 fully saturated rings. The molecule has 2 nitrogen and oxygen atoms in total. The summed E-state index contributed by atoms with van der Waals surface area (Å²) in [6, 6.07) is 9.92. The monoisotopic (exact) mass is 342 g/mol. The molecule has 19 heavy (non-hydrogen) atoms. The lowest BCUT2D eigenvalue weighted by atomic mass is 9.97. The predicted molar refractivity (Wildman–Crippen MR) is 79.5 cm³/mol. The van der Waals surface area contributed by atoms with E-state index in [9.17, 15) is 4.39 Å². The molecule has 2 aromatic rings. The van der Waals surface area contributed by atoms with Gasteiger partial charge in [0.1, 0.15) is 5.82 Å². The van der Waals surface area contributed by atoms with E-state index in [4.69, 9.17) is 17.4 Å². The molecule has 1 atom stereocenters. The van der Waals surface area contributed by atoms with Crippen LogP contribution in [0.15, 0.2) is 40.9 Å². The molecule has 0 spiro atoms. The first-order chi connectivity index (χ1) is 9.02. The average Bonchev–Trinajstić information content (AvgIpc) is 2.38. The van der Waals surface area contributed by atoms with Gasteiger partial charge < -0.3 is 0 Å².